The molecule has 1 amide bonds. The number of carbonyl (C=O) groups excluding carboxylic acids is 1. The van der Waals surface area contributed by atoms with E-state index in [2.05, 4.69) is 40.7 Å². The SMILES string of the molecule is Cc1cccc(C)c1NC(=O)Cc1cc(Nc2ncnc(OCCCN(C)C)n2)n[nH]1. The van der Waals surface area contributed by atoms with E-state index < -0.39 is 0 Å². The minimum Gasteiger partial charge on any atom is -0.463 e. The summed E-state index contributed by atoms with van der Waals surface area (Å²) in [5, 5.41) is 13.0. The molecule has 0 saturated heterocycles. The second kappa shape index (κ2) is 10.5. The Balaban J connectivity index is 1.54. The zero-order valence-electron chi connectivity index (χ0n) is 18.3. The van der Waals surface area contributed by atoms with Crippen LogP contribution in [0.15, 0.2) is 30.6 Å². The van der Waals surface area contributed by atoms with E-state index in [-0.39, 0.29) is 18.3 Å². The molecule has 2 aromatic heterocycles. The van der Waals surface area contributed by atoms with Gasteiger partial charge in [0.15, 0.2) is 5.82 Å². The Hall–Kier alpha value is -3.53. The first kappa shape index (κ1) is 22.2. The maximum absolute atomic E-state index is 12.4. The quantitative estimate of drug-likeness (QED) is 0.425. The van der Waals surface area contributed by atoms with Gasteiger partial charge in [0.05, 0.1) is 13.0 Å². The molecule has 0 bridgehead atoms. The van der Waals surface area contributed by atoms with Crippen molar-refractivity contribution in [3.63, 3.8) is 0 Å². The van der Waals surface area contributed by atoms with Gasteiger partial charge in [0.25, 0.3) is 0 Å². The van der Waals surface area contributed by atoms with E-state index >= 15 is 0 Å². The lowest BCUT2D eigenvalue weighted by molar-refractivity contribution is -0.115. The summed E-state index contributed by atoms with van der Waals surface area (Å²) >= 11 is 0. The highest BCUT2D eigenvalue weighted by molar-refractivity contribution is 5.93. The number of anilines is 3. The number of nitrogens with zero attached hydrogens (tertiary/aromatic N) is 5. The summed E-state index contributed by atoms with van der Waals surface area (Å²) in [7, 11) is 4.02. The maximum atomic E-state index is 12.4. The number of aromatic amines is 1. The Bertz CT molecular complexity index is 998. The number of amides is 1. The van der Waals surface area contributed by atoms with Gasteiger partial charge in [-0.1, -0.05) is 18.2 Å². The second-order valence-electron chi connectivity index (χ2n) is 7.49. The van der Waals surface area contributed by atoms with E-state index in [1.54, 1.807) is 6.07 Å². The maximum Gasteiger partial charge on any atom is 0.321 e. The largest absolute Gasteiger partial charge is 0.463 e. The van der Waals surface area contributed by atoms with Crippen molar-refractivity contribution in [3.05, 3.63) is 47.4 Å². The molecular formula is C21H28N8O2. The molecule has 0 atom stereocenters. The van der Waals surface area contributed by atoms with Crippen LogP contribution in [-0.4, -0.2) is 63.2 Å². The van der Waals surface area contributed by atoms with Crippen LogP contribution < -0.4 is 15.4 Å². The van der Waals surface area contributed by atoms with Crippen LogP contribution >= 0.6 is 0 Å². The number of hydrogen-bond acceptors (Lipinski definition) is 8. The van der Waals surface area contributed by atoms with Crippen LogP contribution in [0.4, 0.5) is 17.5 Å². The average molecular weight is 425 g/mol. The van der Waals surface area contributed by atoms with Crippen molar-refractivity contribution in [2.75, 3.05) is 37.9 Å². The van der Waals surface area contributed by atoms with E-state index in [0.29, 0.717) is 24.1 Å². The fourth-order valence-electron chi connectivity index (χ4n) is 2.95. The zero-order valence-corrected chi connectivity index (χ0v) is 18.3. The highest BCUT2D eigenvalue weighted by atomic mass is 16.5. The molecule has 0 aliphatic carbocycles. The molecule has 0 aliphatic rings. The Morgan fingerprint density at radius 3 is 2.71 bits per heavy atom. The van der Waals surface area contributed by atoms with Gasteiger partial charge in [-0.25, -0.2) is 4.98 Å². The smallest absolute Gasteiger partial charge is 0.321 e. The molecule has 0 aliphatic heterocycles. The summed E-state index contributed by atoms with van der Waals surface area (Å²) in [5.74, 6) is 0.691. The number of para-hydroxylation sites is 1. The van der Waals surface area contributed by atoms with E-state index in [1.807, 2.05) is 46.1 Å². The average Bonchev–Trinajstić information content (AvgIpc) is 3.15. The van der Waals surface area contributed by atoms with Gasteiger partial charge >= 0.3 is 6.01 Å². The molecule has 31 heavy (non-hydrogen) atoms. The van der Waals surface area contributed by atoms with Crippen molar-refractivity contribution in [1.29, 1.82) is 0 Å². The van der Waals surface area contributed by atoms with Gasteiger partial charge < -0.3 is 20.3 Å². The number of benzene rings is 1. The number of ether oxygens (including phenoxy) is 1. The van der Waals surface area contributed by atoms with E-state index in [0.717, 1.165) is 29.8 Å². The minimum atomic E-state index is -0.124. The first-order valence-electron chi connectivity index (χ1n) is 10.0. The molecule has 1 aromatic carbocycles. The lowest BCUT2D eigenvalue weighted by Gasteiger charge is -2.10. The third kappa shape index (κ3) is 6.75. The van der Waals surface area contributed by atoms with Crippen molar-refractivity contribution >= 4 is 23.4 Å². The summed E-state index contributed by atoms with van der Waals surface area (Å²) in [6.07, 6.45) is 2.41. The Labute approximate surface area is 181 Å². The number of carbonyl (C=O) groups is 1. The predicted octanol–water partition coefficient (Wildman–Crippen LogP) is 2.47. The summed E-state index contributed by atoms with van der Waals surface area (Å²) in [4.78, 5) is 26.8. The van der Waals surface area contributed by atoms with Gasteiger partial charge in [0.2, 0.25) is 11.9 Å². The molecule has 2 heterocycles. The van der Waals surface area contributed by atoms with Crippen molar-refractivity contribution in [2.45, 2.75) is 26.7 Å². The van der Waals surface area contributed by atoms with Gasteiger partial charge in [-0.15, -0.1) is 0 Å². The third-order valence-corrected chi connectivity index (χ3v) is 4.50. The summed E-state index contributed by atoms with van der Waals surface area (Å²) in [5.41, 5.74) is 3.55. The van der Waals surface area contributed by atoms with Crippen LogP contribution in [0.25, 0.3) is 0 Å². The monoisotopic (exact) mass is 424 g/mol. The second-order valence-corrected chi connectivity index (χ2v) is 7.49. The van der Waals surface area contributed by atoms with Gasteiger partial charge in [0, 0.05) is 24.0 Å². The molecule has 0 spiro atoms. The molecule has 164 valence electrons. The number of nitrogens with one attached hydrogen (secondary N) is 3. The first-order valence-corrected chi connectivity index (χ1v) is 10.0. The molecule has 0 unspecified atom stereocenters. The molecule has 0 saturated carbocycles. The summed E-state index contributed by atoms with van der Waals surface area (Å²) in [6.45, 7) is 5.37. The van der Waals surface area contributed by atoms with Gasteiger partial charge in [-0.3, -0.25) is 9.89 Å². The summed E-state index contributed by atoms with van der Waals surface area (Å²) < 4.78 is 5.56. The van der Waals surface area contributed by atoms with Gasteiger partial charge in [-0.2, -0.15) is 15.1 Å². The topological polar surface area (TPSA) is 121 Å². The van der Waals surface area contributed by atoms with E-state index in [9.17, 15) is 4.79 Å². The van der Waals surface area contributed by atoms with Crippen LogP contribution in [-0.2, 0) is 11.2 Å². The van der Waals surface area contributed by atoms with Gasteiger partial charge in [0.1, 0.15) is 6.33 Å². The van der Waals surface area contributed by atoms with Crippen LogP contribution in [0.5, 0.6) is 6.01 Å². The third-order valence-electron chi connectivity index (χ3n) is 4.50. The molecule has 3 N–H and O–H groups in total. The lowest BCUT2D eigenvalue weighted by Crippen LogP contribution is -2.16. The summed E-state index contributed by atoms with van der Waals surface area (Å²) in [6, 6.07) is 7.89. The van der Waals surface area contributed by atoms with Crippen molar-refractivity contribution < 1.29 is 9.53 Å². The lowest BCUT2D eigenvalue weighted by atomic mass is 10.1. The van der Waals surface area contributed by atoms with Crippen molar-refractivity contribution in [1.82, 2.24) is 30.0 Å². The van der Waals surface area contributed by atoms with Crippen LogP contribution in [0.2, 0.25) is 0 Å². The molecule has 3 rings (SSSR count). The molecule has 0 radical (unpaired) electrons. The fourth-order valence-corrected chi connectivity index (χ4v) is 2.95. The number of aryl methyl sites for hydroxylation is 2. The molecule has 3 aromatic rings. The van der Waals surface area contributed by atoms with Crippen molar-refractivity contribution in [2.24, 2.45) is 0 Å². The first-order chi connectivity index (χ1) is 14.9. The Morgan fingerprint density at radius 2 is 1.97 bits per heavy atom. The normalized spacial score (nSPS) is 10.9. The predicted molar refractivity (Wildman–Crippen MR) is 119 cm³/mol. The highest BCUT2D eigenvalue weighted by Crippen LogP contribution is 2.20. The number of H-pyrrole nitrogens is 1. The zero-order chi connectivity index (χ0) is 22.2. The Morgan fingerprint density at radius 1 is 1.19 bits per heavy atom. The fraction of sp³-hybridized carbons (Fsp3) is 0.381. The standard InChI is InChI=1S/C21H28N8O2/c1-14-7-5-8-15(2)19(14)25-18(30)12-16-11-17(28-27-16)24-20-22-13-23-21(26-20)31-10-6-9-29(3)4/h5,7-8,11,13H,6,9-10,12H2,1-4H3,(H,25,30)(H2,22,23,24,26,27,28). The van der Waals surface area contributed by atoms with E-state index in [1.165, 1.54) is 6.33 Å². The number of rotatable bonds is 10. The molecule has 0 fully saturated rings. The Kier molecular flexibility index (Phi) is 7.50. The van der Waals surface area contributed by atoms with Crippen LogP contribution in [0.1, 0.15) is 23.2 Å². The van der Waals surface area contributed by atoms with Gasteiger partial charge in [-0.05, 0) is 45.5 Å². The van der Waals surface area contributed by atoms with E-state index in [4.69, 9.17) is 4.74 Å². The van der Waals surface area contributed by atoms with Crippen LogP contribution in [0.3, 0.4) is 0 Å². The molecule has 10 nitrogen and oxygen atoms in total. The molecular weight excluding hydrogens is 396 g/mol. The van der Waals surface area contributed by atoms with Crippen LogP contribution in [0, 0.1) is 13.8 Å². The number of hydrogen-bond donors (Lipinski definition) is 3. The minimum absolute atomic E-state index is 0.124. The van der Waals surface area contributed by atoms with Crippen molar-refractivity contribution in [3.8, 4) is 6.01 Å². The molecule has 10 heteroatoms. The highest BCUT2D eigenvalue weighted by Gasteiger charge is 2.11. The number of aromatic nitrogens is 5.